The maximum absolute atomic E-state index is 7.13. The molecule has 0 fully saturated rings. The number of hydrogen-bond donors (Lipinski definition) is 0. The second-order valence-corrected chi connectivity index (χ2v) is 47.1. The zero-order valence-corrected chi connectivity index (χ0v) is 63.3. The van der Waals surface area contributed by atoms with E-state index in [1.165, 1.54) is 185 Å². The van der Waals surface area contributed by atoms with Crippen molar-refractivity contribution < 1.29 is 28.4 Å². The van der Waals surface area contributed by atoms with Gasteiger partial charge >= 0.3 is 19.5 Å². The van der Waals surface area contributed by atoms with E-state index in [2.05, 4.69) is 295 Å². The Kier molecular flexibility index (Phi) is 103. The van der Waals surface area contributed by atoms with Crippen molar-refractivity contribution in [2.45, 2.75) is 161 Å². The summed E-state index contributed by atoms with van der Waals surface area (Å²) in [5.41, 5.74) is 0. The Hall–Kier alpha value is 5.50. The molecule has 0 aliphatic carbocycles. The van der Waals surface area contributed by atoms with Crippen molar-refractivity contribution in [3.63, 3.8) is 0 Å². The van der Waals surface area contributed by atoms with Gasteiger partial charge in [0.2, 0.25) is 0 Å². The molecule has 0 N–H and O–H groups in total. The van der Waals surface area contributed by atoms with Gasteiger partial charge in [-0.2, -0.15) is 20.6 Å². The van der Waals surface area contributed by atoms with Gasteiger partial charge in [-0.25, -0.2) is 0 Å². The molecular formula is C39H72Br12N6S4Zn. The fourth-order valence-corrected chi connectivity index (χ4v) is 5.29. The Balaban J connectivity index is -0.0000000687. The normalized spacial score (nSPS) is 10.0. The molecule has 62 heavy (non-hydrogen) atoms. The van der Waals surface area contributed by atoms with Gasteiger partial charge in [0.1, 0.15) is 0 Å². The predicted octanol–water partition coefficient (Wildman–Crippen LogP) is 22.2. The van der Waals surface area contributed by atoms with E-state index in [9.17, 15) is 0 Å². The minimum Gasteiger partial charge on any atom is -0.753 e. The molecule has 0 saturated heterocycles. The van der Waals surface area contributed by atoms with Gasteiger partial charge in [0.05, 0.1) is 52.4 Å². The van der Waals surface area contributed by atoms with Crippen molar-refractivity contribution in [1.29, 1.82) is 0 Å². The van der Waals surface area contributed by atoms with E-state index >= 15 is 0 Å². The van der Waals surface area contributed by atoms with Crippen LogP contribution in [0.25, 0.3) is 21.6 Å². The van der Waals surface area contributed by atoms with E-state index in [1.54, 1.807) is 0 Å². The zero-order chi connectivity index (χ0) is 50.3. The number of rotatable bonds is 24. The summed E-state index contributed by atoms with van der Waals surface area (Å²) >= 11 is 52.3. The van der Waals surface area contributed by atoms with Crippen LogP contribution in [0.15, 0.2) is 0 Å². The van der Waals surface area contributed by atoms with Crippen molar-refractivity contribution in [2.75, 3.05) is 52.4 Å². The summed E-state index contributed by atoms with van der Waals surface area (Å²) in [5.74, 6) is 0. The molecule has 0 atom stereocenters. The van der Waals surface area contributed by atoms with Crippen LogP contribution in [0.4, 0.5) is 0 Å². The number of unbranched alkanes of at least 4 members (excludes halogenated alkanes) is 8. The first-order valence-electron chi connectivity index (χ1n) is 20.2. The van der Waals surface area contributed by atoms with Crippen LogP contribution < -0.4 is 0 Å². The maximum atomic E-state index is 7.13. The first-order chi connectivity index (χ1) is 28.1. The minimum absolute atomic E-state index is 0. The molecule has 0 aliphatic heterocycles. The molecule has 6 nitrogen and oxygen atoms in total. The SMILES string of the molecule is BrC(Br)(Br)Br.BrC(Br)(Br)Br.BrC(Br)(Br)Br.CCCC[N+](CCCC)(CCCC)CCCC.CCCC[N+](CCCC)(CCCC)CCCC.[N-]=C=S.[N-]=C=S.[N-]=C=S.[N-]=C=S.[Zn+2]. The quantitative estimate of drug-likeness (QED) is 0.0317. The third-order valence-corrected chi connectivity index (χ3v) is 7.89. The molecule has 0 unspecified atom stereocenters. The van der Waals surface area contributed by atoms with Crippen molar-refractivity contribution in [3.05, 3.63) is 21.6 Å². The fourth-order valence-electron chi connectivity index (χ4n) is 5.29. The topological polar surface area (TPSA) is 89.2 Å². The van der Waals surface area contributed by atoms with E-state index in [-0.39, 0.29) is 22.6 Å². The van der Waals surface area contributed by atoms with Gasteiger partial charge < -0.3 is 30.6 Å². The standard InChI is InChI=1S/2C16H36N.3CBr4.4CNS.Zn/c2*1-5-9-13-17(14-10-6-2,15-11-7-3)16-12-8-4;3*2-1(3,4)5;4*2-1-3;/h2*5-16H2,1-4H3;;;;;;;;/q2*+1;;;;4*-1;+2. The first-order valence-corrected chi connectivity index (χ1v) is 31.3. The number of alkyl halides is 12. The molecule has 0 heterocycles. The molecule has 368 valence electrons. The van der Waals surface area contributed by atoms with Gasteiger partial charge in [0.15, 0.2) is 3.16 Å². The molecule has 0 aromatic carbocycles. The van der Waals surface area contributed by atoms with Gasteiger partial charge in [-0.1, -0.05) is 156 Å². The number of hydrogen-bond acceptors (Lipinski definition) is 4. The minimum atomic E-state index is -0.250. The largest absolute Gasteiger partial charge is 2.00 e. The fraction of sp³-hybridized carbons (Fsp3) is 0.897. The Labute approximate surface area is 516 Å². The maximum Gasteiger partial charge on any atom is 2.00 e. The van der Waals surface area contributed by atoms with Crippen LogP contribution in [0.3, 0.4) is 0 Å². The third-order valence-electron chi connectivity index (χ3n) is 7.89. The molecule has 0 aromatic rings. The predicted molar refractivity (Wildman–Crippen MR) is 338 cm³/mol. The van der Waals surface area contributed by atoms with Gasteiger partial charge in [-0.15, -0.1) is 0 Å². The summed E-state index contributed by atoms with van der Waals surface area (Å²) in [6, 6.07) is 0. The molecule has 0 amide bonds. The van der Waals surface area contributed by atoms with Crippen LogP contribution >= 0.6 is 240 Å². The van der Waals surface area contributed by atoms with Crippen molar-refractivity contribution in [3.8, 4) is 0 Å². The number of quaternary nitrogens is 2. The van der Waals surface area contributed by atoms with Gasteiger partial charge in [0.25, 0.3) is 0 Å². The van der Waals surface area contributed by atoms with Crippen LogP contribution in [0.2, 0.25) is 0 Å². The molecular weight excluding hydrogens is 1700 g/mol. The van der Waals surface area contributed by atoms with Gasteiger partial charge in [0, 0.05) is 0 Å². The summed E-state index contributed by atoms with van der Waals surface area (Å²) < 4.78 is 2.09. The molecule has 23 heteroatoms. The molecule has 0 aliphatic rings. The van der Waals surface area contributed by atoms with E-state index in [4.69, 9.17) is 21.6 Å². The molecule has 0 aromatic heterocycles. The first kappa shape index (κ1) is 90.3. The summed E-state index contributed by atoms with van der Waals surface area (Å²) in [4.78, 5) is 0. The van der Waals surface area contributed by atoms with Crippen LogP contribution in [0.1, 0.15) is 158 Å². The van der Waals surface area contributed by atoms with Crippen molar-refractivity contribution in [1.82, 2.24) is 0 Å². The number of isothiocyanates is 4. The molecule has 0 radical (unpaired) electrons. The zero-order valence-electron chi connectivity index (χ0n) is 38.0. The summed E-state index contributed by atoms with van der Waals surface area (Å²) in [5, 5.41) is 33.9. The van der Waals surface area contributed by atoms with Crippen LogP contribution in [-0.2, 0) is 19.5 Å². The Morgan fingerprint density at radius 2 is 0.371 bits per heavy atom. The smallest absolute Gasteiger partial charge is 0.753 e. The Bertz CT molecular complexity index is 799. The second-order valence-electron chi connectivity index (χ2n) is 13.0. The average Bonchev–Trinajstić information content (AvgIpc) is 3.13. The Morgan fingerprint density at radius 1 is 0.306 bits per heavy atom. The molecule has 0 saturated carbocycles. The van der Waals surface area contributed by atoms with Crippen molar-refractivity contribution in [2.24, 2.45) is 0 Å². The van der Waals surface area contributed by atoms with Gasteiger partial charge in [-0.3, -0.25) is 0 Å². The molecule has 0 spiro atoms. The monoisotopic (exact) mass is 1760 g/mol. The van der Waals surface area contributed by atoms with E-state index in [0.29, 0.717) is 0 Å². The third kappa shape index (κ3) is 132. The average molecular weight is 1780 g/mol. The number of thiocarbonyl (C=S) groups is 4. The second kappa shape index (κ2) is 70.8. The van der Waals surface area contributed by atoms with E-state index < -0.39 is 0 Å². The summed E-state index contributed by atoms with van der Waals surface area (Å²) in [6.07, 6.45) is 22.1. The van der Waals surface area contributed by atoms with Crippen LogP contribution in [0, 0.1) is 0 Å². The van der Waals surface area contributed by atoms with Crippen molar-refractivity contribution >= 4 is 261 Å². The summed E-state index contributed by atoms with van der Waals surface area (Å²) in [7, 11) is 0. The number of nitrogens with zero attached hydrogens (tertiary/aromatic N) is 6. The Morgan fingerprint density at radius 3 is 0.419 bits per heavy atom. The molecule has 0 rings (SSSR count). The number of halogens is 12. The molecule has 0 bridgehead atoms. The van der Waals surface area contributed by atoms with E-state index in [1.807, 2.05) is 0 Å². The van der Waals surface area contributed by atoms with E-state index in [0.717, 1.165) is 0 Å². The van der Waals surface area contributed by atoms with Gasteiger partial charge in [-0.05, 0) is 243 Å². The summed E-state index contributed by atoms with van der Waals surface area (Å²) in [6.45, 7) is 30.0. The van der Waals surface area contributed by atoms with Crippen LogP contribution in [-0.4, -0.2) is 85.1 Å². The van der Waals surface area contributed by atoms with Crippen LogP contribution in [0.5, 0.6) is 0 Å².